The van der Waals surface area contributed by atoms with Crippen LogP contribution < -0.4 is 4.72 Å². The van der Waals surface area contributed by atoms with Crippen molar-refractivity contribution in [1.82, 2.24) is 4.72 Å². The van der Waals surface area contributed by atoms with Crippen LogP contribution in [0.5, 0.6) is 0 Å². The van der Waals surface area contributed by atoms with Crippen molar-refractivity contribution in [1.29, 1.82) is 0 Å². The summed E-state index contributed by atoms with van der Waals surface area (Å²) in [4.78, 5) is -0.0270. The summed E-state index contributed by atoms with van der Waals surface area (Å²) in [6.45, 7) is -0.159. The van der Waals surface area contributed by atoms with Gasteiger partial charge in [-0.05, 0) is 24.3 Å². The Balaban J connectivity index is 2.16. The highest BCUT2D eigenvalue weighted by atomic mass is 35.7. The lowest BCUT2D eigenvalue weighted by Crippen LogP contribution is -2.23. The number of benzene rings is 1. The van der Waals surface area contributed by atoms with Crippen molar-refractivity contribution in [3.05, 3.63) is 47.1 Å². The van der Waals surface area contributed by atoms with Crippen molar-refractivity contribution in [2.75, 3.05) is 0 Å². The average Bonchev–Trinajstić information content (AvgIpc) is 2.85. The Labute approximate surface area is 129 Å². The van der Waals surface area contributed by atoms with Crippen LogP contribution in [0.4, 0.5) is 4.39 Å². The molecule has 5 nitrogen and oxygen atoms in total. The van der Waals surface area contributed by atoms with Crippen molar-refractivity contribution in [3.63, 3.8) is 0 Å². The van der Waals surface area contributed by atoms with Crippen molar-refractivity contribution >= 4 is 41.1 Å². The van der Waals surface area contributed by atoms with Gasteiger partial charge in [0.25, 0.3) is 9.05 Å². The molecule has 1 aromatic heterocycles. The fourth-order valence-corrected chi connectivity index (χ4v) is 4.73. The molecule has 2 aromatic rings. The molecular weight excluding hydrogens is 361 g/mol. The van der Waals surface area contributed by atoms with Gasteiger partial charge in [-0.2, -0.15) is 0 Å². The maximum Gasteiger partial charge on any atom is 0.270 e. The lowest BCUT2D eigenvalue weighted by atomic mass is 10.4. The van der Waals surface area contributed by atoms with Crippen LogP contribution in [-0.2, 0) is 25.6 Å². The summed E-state index contributed by atoms with van der Waals surface area (Å²) < 4.78 is 61.7. The van der Waals surface area contributed by atoms with E-state index in [1.807, 2.05) is 0 Å². The van der Waals surface area contributed by atoms with Gasteiger partial charge < -0.3 is 0 Å². The zero-order chi connectivity index (χ0) is 15.7. The molecule has 10 heteroatoms. The maximum absolute atomic E-state index is 13.5. The lowest BCUT2D eigenvalue weighted by Gasteiger charge is -2.06. The van der Waals surface area contributed by atoms with Gasteiger partial charge in [-0.15, -0.1) is 11.3 Å². The van der Waals surface area contributed by atoms with E-state index in [-0.39, 0.29) is 10.8 Å². The van der Waals surface area contributed by atoms with E-state index in [2.05, 4.69) is 4.72 Å². The Hall–Kier alpha value is -1.00. The normalized spacial score (nSPS) is 12.5. The van der Waals surface area contributed by atoms with Gasteiger partial charge in [0, 0.05) is 22.1 Å². The molecule has 0 bridgehead atoms. The number of nitrogens with one attached hydrogen (secondary N) is 1. The lowest BCUT2D eigenvalue weighted by molar-refractivity contribution is 0.557. The van der Waals surface area contributed by atoms with Crippen LogP contribution in [0, 0.1) is 5.82 Å². The third-order valence-electron chi connectivity index (χ3n) is 2.44. The first-order chi connectivity index (χ1) is 9.70. The van der Waals surface area contributed by atoms with Crippen molar-refractivity contribution in [3.8, 4) is 0 Å². The Bertz CT molecular complexity index is 861. The molecular formula is C11H9ClFNO4S3. The highest BCUT2D eigenvalue weighted by Crippen LogP contribution is 2.25. The molecule has 2 rings (SSSR count). The van der Waals surface area contributed by atoms with Gasteiger partial charge in [0.15, 0.2) is 0 Å². The molecule has 0 amide bonds. The molecule has 21 heavy (non-hydrogen) atoms. The predicted octanol–water partition coefficient (Wildman–Crippen LogP) is 2.29. The molecule has 1 aromatic carbocycles. The van der Waals surface area contributed by atoms with Gasteiger partial charge in [-0.3, -0.25) is 0 Å². The van der Waals surface area contributed by atoms with Gasteiger partial charge in [-0.25, -0.2) is 25.9 Å². The van der Waals surface area contributed by atoms with Crippen LogP contribution in [0.3, 0.4) is 0 Å². The monoisotopic (exact) mass is 369 g/mol. The van der Waals surface area contributed by atoms with Gasteiger partial charge in [0.2, 0.25) is 10.0 Å². The first-order valence-corrected chi connectivity index (χ1v) is 10.1. The average molecular weight is 370 g/mol. The minimum Gasteiger partial charge on any atom is -0.207 e. The summed E-state index contributed by atoms with van der Waals surface area (Å²) >= 11 is 0.839. The molecule has 0 aliphatic carbocycles. The standard InChI is InChI=1S/C11H9ClFNO4S3/c12-20(15,16)11-6-5-8(19-11)7-14-21(17,18)10-4-2-1-3-9(10)13/h1-6,14H,7H2. The van der Waals surface area contributed by atoms with Gasteiger partial charge in [-0.1, -0.05) is 12.1 Å². The summed E-state index contributed by atoms with van der Waals surface area (Å²) in [6.07, 6.45) is 0. The van der Waals surface area contributed by atoms with Crippen LogP contribution >= 0.6 is 22.0 Å². The Morgan fingerprint density at radius 3 is 2.33 bits per heavy atom. The maximum atomic E-state index is 13.5. The molecule has 0 aliphatic heterocycles. The number of halogens is 2. The second-order valence-corrected chi connectivity index (χ2v) is 9.61. The minimum absolute atomic E-state index is 0.0794. The predicted molar refractivity (Wildman–Crippen MR) is 77.8 cm³/mol. The zero-order valence-electron chi connectivity index (χ0n) is 10.3. The van der Waals surface area contributed by atoms with Crippen LogP contribution in [0.2, 0.25) is 0 Å². The highest BCUT2D eigenvalue weighted by molar-refractivity contribution is 8.15. The topological polar surface area (TPSA) is 80.3 Å². The molecule has 0 saturated carbocycles. The van der Waals surface area contributed by atoms with Crippen LogP contribution in [0.1, 0.15) is 4.88 Å². The largest absolute Gasteiger partial charge is 0.270 e. The second kappa shape index (κ2) is 6.01. The molecule has 0 aliphatic rings. The zero-order valence-corrected chi connectivity index (χ0v) is 13.5. The highest BCUT2D eigenvalue weighted by Gasteiger charge is 2.19. The van der Waals surface area contributed by atoms with Gasteiger partial charge >= 0.3 is 0 Å². The smallest absolute Gasteiger partial charge is 0.207 e. The summed E-state index contributed by atoms with van der Waals surface area (Å²) in [6, 6.07) is 7.67. The van der Waals surface area contributed by atoms with Crippen molar-refractivity contribution in [2.24, 2.45) is 0 Å². The molecule has 0 unspecified atom stereocenters. The number of thiophene rings is 1. The summed E-state index contributed by atoms with van der Waals surface area (Å²) in [7, 11) is -2.68. The van der Waals surface area contributed by atoms with E-state index >= 15 is 0 Å². The molecule has 1 N–H and O–H groups in total. The molecule has 114 valence electrons. The quantitative estimate of drug-likeness (QED) is 0.820. The summed E-state index contributed by atoms with van der Waals surface area (Å²) in [5, 5.41) is 0. The van der Waals surface area contributed by atoms with E-state index in [1.165, 1.54) is 24.3 Å². The van der Waals surface area contributed by atoms with Gasteiger partial charge in [0.05, 0.1) is 0 Å². The van der Waals surface area contributed by atoms with E-state index in [0.717, 1.165) is 23.5 Å². The minimum atomic E-state index is -4.02. The summed E-state index contributed by atoms with van der Waals surface area (Å²) in [5.74, 6) is -0.861. The first kappa shape index (κ1) is 16.4. The van der Waals surface area contributed by atoms with E-state index in [0.29, 0.717) is 4.88 Å². The Morgan fingerprint density at radius 1 is 1.10 bits per heavy atom. The molecule has 0 saturated heterocycles. The molecule has 0 fully saturated rings. The molecule has 1 heterocycles. The van der Waals surface area contributed by atoms with E-state index in [1.54, 1.807) is 0 Å². The third kappa shape index (κ3) is 4.01. The Kier molecular flexibility index (Phi) is 4.69. The second-order valence-electron chi connectivity index (χ2n) is 3.91. The number of sulfonamides is 1. The fraction of sp³-hybridized carbons (Fsp3) is 0.0909. The SMILES string of the molecule is O=S(=O)(Cl)c1ccc(CNS(=O)(=O)c2ccccc2F)s1. The number of hydrogen-bond donors (Lipinski definition) is 1. The number of hydrogen-bond acceptors (Lipinski definition) is 5. The molecule has 0 radical (unpaired) electrons. The molecule has 0 atom stereocenters. The first-order valence-electron chi connectivity index (χ1n) is 5.48. The van der Waals surface area contributed by atoms with Crippen LogP contribution in [-0.4, -0.2) is 16.8 Å². The van der Waals surface area contributed by atoms with Crippen LogP contribution in [0.15, 0.2) is 45.5 Å². The van der Waals surface area contributed by atoms with E-state index in [4.69, 9.17) is 10.7 Å². The number of rotatable bonds is 5. The van der Waals surface area contributed by atoms with E-state index in [9.17, 15) is 21.2 Å². The van der Waals surface area contributed by atoms with Gasteiger partial charge in [0.1, 0.15) is 14.9 Å². The Morgan fingerprint density at radius 2 is 1.76 bits per heavy atom. The van der Waals surface area contributed by atoms with Crippen molar-refractivity contribution in [2.45, 2.75) is 15.6 Å². The van der Waals surface area contributed by atoms with Crippen LogP contribution in [0.25, 0.3) is 0 Å². The summed E-state index contributed by atoms with van der Waals surface area (Å²) in [5.41, 5.74) is 0. The third-order valence-corrected chi connectivity index (χ3v) is 7.05. The molecule has 0 spiro atoms. The fourth-order valence-electron chi connectivity index (χ4n) is 1.49. The van der Waals surface area contributed by atoms with Crippen molar-refractivity contribution < 1.29 is 21.2 Å². The van der Waals surface area contributed by atoms with E-state index < -0.39 is 29.8 Å².